The fraction of sp³-hybridized carbons (Fsp3) is 0.600. The summed E-state index contributed by atoms with van der Waals surface area (Å²) in [5.41, 5.74) is 0. The molecule has 0 aromatic heterocycles. The molecule has 0 aromatic carbocycles. The topological polar surface area (TPSA) is 52.6 Å². The lowest BCUT2D eigenvalue weighted by Crippen LogP contribution is -2.16. The van der Waals surface area contributed by atoms with Crippen molar-refractivity contribution < 1.29 is 19.1 Å². The highest BCUT2D eigenvalue weighted by molar-refractivity contribution is 5.96. The standard InChI is InChI=1S/C10H16O4/c1-3-5-6-13-8-9(11)7-10(12)14-4-2/h3H,1,4-8H2,2H3. The van der Waals surface area contributed by atoms with Gasteiger partial charge in [0.15, 0.2) is 5.78 Å². The molecule has 0 amide bonds. The van der Waals surface area contributed by atoms with Crippen molar-refractivity contribution in [3.8, 4) is 0 Å². The van der Waals surface area contributed by atoms with Crippen LogP contribution in [0.5, 0.6) is 0 Å². The first-order chi connectivity index (χ1) is 6.70. The van der Waals surface area contributed by atoms with Crippen LogP contribution in [0.1, 0.15) is 19.8 Å². The Morgan fingerprint density at radius 3 is 2.71 bits per heavy atom. The van der Waals surface area contributed by atoms with E-state index in [1.807, 2.05) is 0 Å². The monoisotopic (exact) mass is 200 g/mol. The molecule has 4 nitrogen and oxygen atoms in total. The second-order valence-corrected chi connectivity index (χ2v) is 2.65. The molecule has 0 N–H and O–H groups in total. The molecule has 0 heterocycles. The molecule has 0 aliphatic rings. The van der Waals surface area contributed by atoms with Gasteiger partial charge in [-0.2, -0.15) is 0 Å². The Morgan fingerprint density at radius 1 is 1.43 bits per heavy atom. The van der Waals surface area contributed by atoms with Crippen molar-refractivity contribution in [1.82, 2.24) is 0 Å². The highest BCUT2D eigenvalue weighted by Gasteiger charge is 2.09. The summed E-state index contributed by atoms with van der Waals surface area (Å²) in [5, 5.41) is 0. The number of ether oxygens (including phenoxy) is 2. The van der Waals surface area contributed by atoms with E-state index in [-0.39, 0.29) is 18.8 Å². The third-order valence-corrected chi connectivity index (χ3v) is 1.38. The minimum absolute atomic E-state index is 0.0351. The van der Waals surface area contributed by atoms with Crippen LogP contribution in [0.25, 0.3) is 0 Å². The van der Waals surface area contributed by atoms with E-state index in [9.17, 15) is 9.59 Å². The SMILES string of the molecule is C=CCCOCC(=O)CC(=O)OCC. The molecule has 0 rings (SSSR count). The van der Waals surface area contributed by atoms with Gasteiger partial charge in [0, 0.05) is 0 Å². The van der Waals surface area contributed by atoms with Crippen molar-refractivity contribution >= 4 is 11.8 Å². The van der Waals surface area contributed by atoms with Crippen LogP contribution >= 0.6 is 0 Å². The maximum absolute atomic E-state index is 11.0. The minimum atomic E-state index is -0.496. The summed E-state index contributed by atoms with van der Waals surface area (Å²) >= 11 is 0. The van der Waals surface area contributed by atoms with Crippen LogP contribution in [0.3, 0.4) is 0 Å². The zero-order valence-corrected chi connectivity index (χ0v) is 8.45. The molecule has 0 fully saturated rings. The molecule has 0 aliphatic carbocycles. The van der Waals surface area contributed by atoms with E-state index < -0.39 is 5.97 Å². The van der Waals surface area contributed by atoms with E-state index in [1.165, 1.54) is 0 Å². The number of rotatable bonds is 8. The molecule has 0 aliphatic heterocycles. The van der Waals surface area contributed by atoms with Gasteiger partial charge in [-0.1, -0.05) is 6.08 Å². The summed E-state index contributed by atoms with van der Waals surface area (Å²) in [6, 6.07) is 0. The smallest absolute Gasteiger partial charge is 0.313 e. The Hall–Kier alpha value is -1.16. The molecule has 0 unspecified atom stereocenters. The summed E-state index contributed by atoms with van der Waals surface area (Å²) in [5.74, 6) is -0.752. The Morgan fingerprint density at radius 2 is 2.14 bits per heavy atom. The van der Waals surface area contributed by atoms with Crippen LogP contribution in [0.2, 0.25) is 0 Å². The van der Waals surface area contributed by atoms with Crippen LogP contribution in [0, 0.1) is 0 Å². The molecule has 0 atom stereocenters. The van der Waals surface area contributed by atoms with Gasteiger partial charge in [0.25, 0.3) is 0 Å². The second-order valence-electron chi connectivity index (χ2n) is 2.65. The zero-order valence-electron chi connectivity index (χ0n) is 8.45. The van der Waals surface area contributed by atoms with Gasteiger partial charge in [-0.15, -0.1) is 6.58 Å². The number of hydrogen-bond acceptors (Lipinski definition) is 4. The maximum atomic E-state index is 11.0. The van der Waals surface area contributed by atoms with Crippen molar-refractivity contribution in [2.24, 2.45) is 0 Å². The third kappa shape index (κ3) is 7.49. The van der Waals surface area contributed by atoms with Gasteiger partial charge in [-0.05, 0) is 13.3 Å². The van der Waals surface area contributed by atoms with Crippen LogP contribution in [-0.2, 0) is 19.1 Å². The van der Waals surface area contributed by atoms with Gasteiger partial charge in [-0.3, -0.25) is 9.59 Å². The van der Waals surface area contributed by atoms with Crippen molar-refractivity contribution in [1.29, 1.82) is 0 Å². The van der Waals surface area contributed by atoms with Gasteiger partial charge in [0.2, 0.25) is 0 Å². The molecule has 0 saturated carbocycles. The number of carbonyl (C=O) groups excluding carboxylic acids is 2. The van der Waals surface area contributed by atoms with E-state index in [2.05, 4.69) is 11.3 Å². The highest BCUT2D eigenvalue weighted by atomic mass is 16.5. The molecular formula is C10H16O4. The van der Waals surface area contributed by atoms with Crippen molar-refractivity contribution in [3.05, 3.63) is 12.7 Å². The van der Waals surface area contributed by atoms with E-state index in [4.69, 9.17) is 4.74 Å². The largest absolute Gasteiger partial charge is 0.466 e. The van der Waals surface area contributed by atoms with Crippen LogP contribution in [0.15, 0.2) is 12.7 Å². The lowest BCUT2D eigenvalue weighted by molar-refractivity contribution is -0.146. The third-order valence-electron chi connectivity index (χ3n) is 1.38. The predicted octanol–water partition coefficient (Wildman–Crippen LogP) is 1.10. The zero-order chi connectivity index (χ0) is 10.8. The number of carbonyl (C=O) groups is 2. The Balaban J connectivity index is 3.45. The minimum Gasteiger partial charge on any atom is -0.466 e. The summed E-state index contributed by atoms with van der Waals surface area (Å²) in [4.78, 5) is 21.9. The van der Waals surface area contributed by atoms with Crippen molar-refractivity contribution in [2.45, 2.75) is 19.8 Å². The normalized spacial score (nSPS) is 9.50. The molecule has 0 spiro atoms. The van der Waals surface area contributed by atoms with Gasteiger partial charge >= 0.3 is 5.97 Å². The summed E-state index contributed by atoms with van der Waals surface area (Å²) in [6.07, 6.45) is 2.20. The first-order valence-corrected chi connectivity index (χ1v) is 4.56. The lowest BCUT2D eigenvalue weighted by Gasteiger charge is -2.02. The Labute approximate surface area is 83.9 Å². The summed E-state index contributed by atoms with van der Waals surface area (Å²) in [6.45, 7) is 5.92. The lowest BCUT2D eigenvalue weighted by atomic mass is 10.3. The van der Waals surface area contributed by atoms with E-state index in [1.54, 1.807) is 13.0 Å². The molecule has 4 heteroatoms. The van der Waals surface area contributed by atoms with Crippen molar-refractivity contribution in [2.75, 3.05) is 19.8 Å². The van der Waals surface area contributed by atoms with Gasteiger partial charge in [-0.25, -0.2) is 0 Å². The first kappa shape index (κ1) is 12.8. The van der Waals surface area contributed by atoms with E-state index in [0.717, 1.165) is 0 Å². The van der Waals surface area contributed by atoms with Gasteiger partial charge in [0.05, 0.1) is 13.2 Å². The average molecular weight is 200 g/mol. The van der Waals surface area contributed by atoms with Crippen LogP contribution in [-0.4, -0.2) is 31.6 Å². The van der Waals surface area contributed by atoms with E-state index in [0.29, 0.717) is 19.6 Å². The fourth-order valence-electron chi connectivity index (χ4n) is 0.777. The molecule has 14 heavy (non-hydrogen) atoms. The molecule has 80 valence electrons. The average Bonchev–Trinajstić information content (AvgIpc) is 2.13. The highest BCUT2D eigenvalue weighted by Crippen LogP contribution is 1.91. The van der Waals surface area contributed by atoms with Crippen molar-refractivity contribution in [3.63, 3.8) is 0 Å². The van der Waals surface area contributed by atoms with Gasteiger partial charge < -0.3 is 9.47 Å². The Bertz CT molecular complexity index is 198. The molecule has 0 radical (unpaired) electrons. The number of ketones is 1. The number of Topliss-reactive ketones (excluding diaryl/α,β-unsaturated/α-hetero) is 1. The second kappa shape index (κ2) is 8.44. The first-order valence-electron chi connectivity index (χ1n) is 4.56. The maximum Gasteiger partial charge on any atom is 0.313 e. The predicted molar refractivity (Wildman–Crippen MR) is 51.9 cm³/mol. The molecular weight excluding hydrogens is 184 g/mol. The number of hydrogen-bond donors (Lipinski definition) is 0. The number of esters is 1. The summed E-state index contributed by atoms with van der Waals surface area (Å²) in [7, 11) is 0. The molecule has 0 aromatic rings. The molecule has 0 bridgehead atoms. The van der Waals surface area contributed by atoms with Crippen LogP contribution in [0.4, 0.5) is 0 Å². The quantitative estimate of drug-likeness (QED) is 0.255. The summed E-state index contributed by atoms with van der Waals surface area (Å²) < 4.78 is 9.59. The van der Waals surface area contributed by atoms with Gasteiger partial charge in [0.1, 0.15) is 13.0 Å². The van der Waals surface area contributed by atoms with E-state index >= 15 is 0 Å². The molecule has 0 saturated heterocycles. The Kier molecular flexibility index (Phi) is 7.74. The fourth-order valence-corrected chi connectivity index (χ4v) is 0.777. The van der Waals surface area contributed by atoms with Crippen LogP contribution < -0.4 is 0 Å².